The van der Waals surface area contributed by atoms with Crippen LogP contribution in [0.5, 0.6) is 0 Å². The van der Waals surface area contributed by atoms with Crippen LogP contribution in [0.15, 0.2) is 24.3 Å². The Morgan fingerprint density at radius 2 is 2.05 bits per heavy atom. The lowest BCUT2D eigenvalue weighted by Gasteiger charge is -2.20. The molecule has 0 aliphatic carbocycles. The lowest BCUT2D eigenvalue weighted by atomic mass is 10.0. The third-order valence-corrected chi connectivity index (χ3v) is 3.18. The first-order valence-corrected chi connectivity index (χ1v) is 7.03. The van der Waals surface area contributed by atoms with Gasteiger partial charge in [-0.15, -0.1) is 0 Å². The van der Waals surface area contributed by atoms with Gasteiger partial charge >= 0.3 is 0 Å². The first-order chi connectivity index (χ1) is 9.76. The molecule has 0 spiro atoms. The number of hydrogen-bond donors (Lipinski definition) is 1. The second-order valence-electron chi connectivity index (χ2n) is 4.63. The van der Waals surface area contributed by atoms with E-state index in [4.69, 9.17) is 9.47 Å². The van der Waals surface area contributed by atoms with Gasteiger partial charge in [-0.1, -0.05) is 18.2 Å². The van der Waals surface area contributed by atoms with E-state index in [0.717, 1.165) is 29.5 Å². The second kappa shape index (κ2) is 7.22. The Morgan fingerprint density at radius 1 is 1.30 bits per heavy atom. The molecule has 1 unspecified atom stereocenters. The van der Waals surface area contributed by atoms with E-state index in [-0.39, 0.29) is 12.3 Å². The van der Waals surface area contributed by atoms with Crippen molar-refractivity contribution in [3.8, 4) is 0 Å². The second-order valence-corrected chi connectivity index (χ2v) is 4.63. The van der Waals surface area contributed by atoms with Gasteiger partial charge < -0.3 is 19.6 Å². The number of carbonyl (C=O) groups excluding carboxylic acids is 1. The Hall–Kier alpha value is -1.65. The molecule has 2 rings (SSSR count). The monoisotopic (exact) mass is 275 g/mol. The minimum absolute atomic E-state index is 0.202. The Bertz CT molecular complexity index is 479. The van der Waals surface area contributed by atoms with E-state index in [2.05, 4.69) is 11.4 Å². The van der Waals surface area contributed by atoms with E-state index >= 15 is 0 Å². The summed E-state index contributed by atoms with van der Waals surface area (Å²) >= 11 is 0. The van der Waals surface area contributed by atoms with Gasteiger partial charge in [0.05, 0.1) is 0 Å². The summed E-state index contributed by atoms with van der Waals surface area (Å²) in [5, 5.41) is 3.16. The molecule has 0 saturated carbocycles. The fourth-order valence-electron chi connectivity index (χ4n) is 2.25. The van der Waals surface area contributed by atoms with Crippen molar-refractivity contribution in [2.75, 3.05) is 18.5 Å². The molecule has 1 aliphatic rings. The Balaban J connectivity index is 2.09. The van der Waals surface area contributed by atoms with Gasteiger partial charge in [0.25, 0.3) is 0 Å². The highest BCUT2D eigenvalue weighted by Gasteiger charge is 2.14. The molecule has 4 nitrogen and oxygen atoms in total. The molecule has 1 aromatic carbocycles. The van der Waals surface area contributed by atoms with Gasteiger partial charge in [-0.05, 0) is 37.1 Å². The topological polar surface area (TPSA) is 47.6 Å². The number of fused-ring (bicyclic) bond motifs is 1. The average molecular weight is 275 g/mol. The summed E-state index contributed by atoms with van der Waals surface area (Å²) in [7, 11) is 0. The molecule has 1 N–H and O–H groups in total. The van der Waals surface area contributed by atoms with E-state index in [0.29, 0.717) is 13.2 Å². The van der Waals surface area contributed by atoms with Crippen LogP contribution in [0.1, 0.15) is 25.0 Å². The van der Waals surface area contributed by atoms with Crippen LogP contribution in [0.25, 0.3) is 6.08 Å². The predicted molar refractivity (Wildman–Crippen MR) is 79.7 cm³/mol. The number of benzene rings is 1. The Morgan fingerprint density at radius 3 is 2.70 bits per heavy atom. The maximum atomic E-state index is 10.8. The molecule has 1 aliphatic heterocycles. The largest absolute Gasteiger partial charge is 0.372 e. The highest BCUT2D eigenvalue weighted by Crippen LogP contribution is 2.24. The summed E-state index contributed by atoms with van der Waals surface area (Å²) in [6.45, 7) is 5.20. The summed E-state index contributed by atoms with van der Waals surface area (Å²) in [6, 6.07) is 5.91. The molecule has 1 heterocycles. The Labute approximate surface area is 119 Å². The molecule has 1 atom stereocenters. The number of nitrogens with one attached hydrogen (secondary N) is 1. The molecular weight excluding hydrogens is 254 g/mol. The summed E-state index contributed by atoms with van der Waals surface area (Å²) in [5.41, 5.74) is 3.23. The van der Waals surface area contributed by atoms with Crippen molar-refractivity contribution in [1.29, 1.82) is 0 Å². The minimum atomic E-state index is -0.229. The number of carbonyl (C=O) groups is 1. The molecule has 0 saturated heterocycles. The zero-order chi connectivity index (χ0) is 14.4. The molecule has 0 bridgehead atoms. The minimum Gasteiger partial charge on any atom is -0.372 e. The van der Waals surface area contributed by atoms with Crippen molar-refractivity contribution < 1.29 is 14.3 Å². The lowest BCUT2D eigenvalue weighted by molar-refractivity contribution is -0.134. The van der Waals surface area contributed by atoms with Gasteiger partial charge in [0.15, 0.2) is 6.29 Å². The van der Waals surface area contributed by atoms with Crippen molar-refractivity contribution in [2.24, 2.45) is 0 Å². The SMILES string of the molecule is CCOC(Cc1ccc2c(c1)C=CC(C=O)N2)OCC. The van der Waals surface area contributed by atoms with Crippen LogP contribution in [0, 0.1) is 0 Å². The molecule has 4 heteroatoms. The standard InChI is InChI=1S/C16H21NO3/c1-3-19-16(20-4-2)10-12-5-8-15-13(9-12)6-7-14(11-18)17-15/h5-9,11,14,16-17H,3-4,10H2,1-2H3. The predicted octanol–water partition coefficient (Wildman–Crippen LogP) is 2.63. The van der Waals surface area contributed by atoms with Gasteiger partial charge in [0.1, 0.15) is 12.3 Å². The maximum Gasteiger partial charge on any atom is 0.161 e. The van der Waals surface area contributed by atoms with E-state index in [1.165, 1.54) is 0 Å². The number of hydrogen-bond acceptors (Lipinski definition) is 4. The van der Waals surface area contributed by atoms with Crippen LogP contribution in [-0.4, -0.2) is 31.8 Å². The van der Waals surface area contributed by atoms with E-state index < -0.39 is 0 Å². The molecule has 108 valence electrons. The molecular formula is C16H21NO3. The van der Waals surface area contributed by atoms with Crippen molar-refractivity contribution >= 4 is 18.0 Å². The summed E-state index contributed by atoms with van der Waals surface area (Å²) < 4.78 is 11.1. The lowest BCUT2D eigenvalue weighted by Crippen LogP contribution is -2.22. The van der Waals surface area contributed by atoms with E-state index in [9.17, 15) is 4.79 Å². The van der Waals surface area contributed by atoms with E-state index in [1.807, 2.05) is 38.1 Å². The van der Waals surface area contributed by atoms with Gasteiger partial charge in [0.2, 0.25) is 0 Å². The van der Waals surface area contributed by atoms with Crippen molar-refractivity contribution in [3.63, 3.8) is 0 Å². The fourth-order valence-corrected chi connectivity index (χ4v) is 2.25. The normalized spacial score (nSPS) is 16.9. The van der Waals surface area contributed by atoms with Crippen LogP contribution in [0.4, 0.5) is 5.69 Å². The van der Waals surface area contributed by atoms with Gasteiger partial charge in [-0.3, -0.25) is 0 Å². The zero-order valence-electron chi connectivity index (χ0n) is 12.0. The summed E-state index contributed by atoms with van der Waals surface area (Å²) in [4.78, 5) is 10.8. The third kappa shape index (κ3) is 3.68. The highest BCUT2D eigenvalue weighted by atomic mass is 16.7. The number of rotatable bonds is 7. The number of ether oxygens (including phenoxy) is 2. The van der Waals surface area contributed by atoms with Crippen LogP contribution >= 0.6 is 0 Å². The molecule has 0 aromatic heterocycles. The smallest absolute Gasteiger partial charge is 0.161 e. The van der Waals surface area contributed by atoms with Crippen molar-refractivity contribution in [3.05, 3.63) is 35.4 Å². The average Bonchev–Trinajstić information content (AvgIpc) is 2.47. The zero-order valence-corrected chi connectivity index (χ0v) is 12.0. The quantitative estimate of drug-likeness (QED) is 0.614. The first-order valence-electron chi connectivity index (χ1n) is 7.03. The fraction of sp³-hybridized carbons (Fsp3) is 0.438. The van der Waals surface area contributed by atoms with Gasteiger partial charge in [0, 0.05) is 25.3 Å². The number of anilines is 1. The van der Waals surface area contributed by atoms with Crippen molar-refractivity contribution in [1.82, 2.24) is 0 Å². The molecule has 0 radical (unpaired) electrons. The molecule has 20 heavy (non-hydrogen) atoms. The first kappa shape index (κ1) is 14.8. The number of aldehydes is 1. The van der Waals surface area contributed by atoms with Crippen molar-refractivity contribution in [2.45, 2.75) is 32.6 Å². The third-order valence-electron chi connectivity index (χ3n) is 3.18. The molecule has 0 fully saturated rings. The van der Waals surface area contributed by atoms with Crippen LogP contribution < -0.4 is 5.32 Å². The van der Waals surface area contributed by atoms with Crippen LogP contribution in [-0.2, 0) is 20.7 Å². The summed E-state index contributed by atoms with van der Waals surface area (Å²) in [6.07, 6.45) is 5.26. The summed E-state index contributed by atoms with van der Waals surface area (Å²) in [5.74, 6) is 0. The Kier molecular flexibility index (Phi) is 5.32. The van der Waals surface area contributed by atoms with E-state index in [1.54, 1.807) is 0 Å². The van der Waals surface area contributed by atoms with Crippen LogP contribution in [0.3, 0.4) is 0 Å². The highest BCUT2D eigenvalue weighted by molar-refractivity contribution is 5.79. The molecule has 0 amide bonds. The molecule has 1 aromatic rings. The van der Waals surface area contributed by atoms with Gasteiger partial charge in [-0.25, -0.2) is 0 Å². The van der Waals surface area contributed by atoms with Gasteiger partial charge in [-0.2, -0.15) is 0 Å². The maximum absolute atomic E-state index is 10.8. The van der Waals surface area contributed by atoms with Crippen LogP contribution in [0.2, 0.25) is 0 Å².